The Morgan fingerprint density at radius 2 is 1.85 bits per heavy atom. The van der Waals surface area contributed by atoms with E-state index < -0.39 is 30.4 Å². The zero-order valence-corrected chi connectivity index (χ0v) is 14.1. The van der Waals surface area contributed by atoms with Crippen LogP contribution in [0.25, 0.3) is 10.9 Å². The van der Waals surface area contributed by atoms with Crippen LogP contribution < -0.4 is 11.2 Å². The van der Waals surface area contributed by atoms with Crippen LogP contribution in [0.3, 0.4) is 0 Å². The highest BCUT2D eigenvalue weighted by Crippen LogP contribution is 2.08. The summed E-state index contributed by atoms with van der Waals surface area (Å²) in [6, 6.07) is 9.79. The summed E-state index contributed by atoms with van der Waals surface area (Å²) in [5.41, 5.74) is -0.316. The molecular formula is C18H17N3O5. The fourth-order valence-electron chi connectivity index (χ4n) is 2.70. The van der Waals surface area contributed by atoms with Crippen molar-refractivity contribution in [2.24, 2.45) is 0 Å². The molecule has 0 aliphatic carbocycles. The summed E-state index contributed by atoms with van der Waals surface area (Å²) in [4.78, 5) is 51.6. The summed E-state index contributed by atoms with van der Waals surface area (Å²) in [6.07, 6.45) is 1.59. The summed E-state index contributed by atoms with van der Waals surface area (Å²) in [5, 5.41) is 0.337. The minimum atomic E-state index is -0.738. The second kappa shape index (κ2) is 7.22. The van der Waals surface area contributed by atoms with Crippen molar-refractivity contribution in [3.8, 4) is 0 Å². The molecule has 0 atom stereocenters. The Kier molecular flexibility index (Phi) is 4.83. The Hall–Kier alpha value is -3.42. The molecule has 0 fully saturated rings. The molecule has 8 heteroatoms. The number of nitrogens with zero attached hydrogens (tertiary/aromatic N) is 2. The minimum Gasteiger partial charge on any atom is -0.456 e. The van der Waals surface area contributed by atoms with Crippen LogP contribution in [0.15, 0.2) is 52.2 Å². The van der Waals surface area contributed by atoms with Crippen LogP contribution in [0.1, 0.15) is 17.4 Å². The largest absolute Gasteiger partial charge is 0.456 e. The number of H-pyrrole nitrogens is 1. The van der Waals surface area contributed by atoms with Gasteiger partial charge in [0.1, 0.15) is 6.54 Å². The topological polar surface area (TPSA) is 103 Å². The molecule has 0 saturated heterocycles. The number of esters is 1. The highest BCUT2D eigenvalue weighted by molar-refractivity contribution is 5.96. The predicted molar refractivity (Wildman–Crippen MR) is 94.2 cm³/mol. The Morgan fingerprint density at radius 3 is 2.54 bits per heavy atom. The standard InChI is InChI=1S/C18H17N3O5/c1-2-20-17(24)12-6-3-4-8-14(12)21(18(20)25)10-16(23)26-11-15(22)13-7-5-9-19-13/h3-9,19H,2,10-11H2,1H3. The van der Waals surface area contributed by atoms with Gasteiger partial charge in [-0.3, -0.25) is 23.5 Å². The van der Waals surface area contributed by atoms with Gasteiger partial charge in [0.05, 0.1) is 16.6 Å². The molecule has 3 rings (SSSR count). The molecule has 0 saturated carbocycles. The lowest BCUT2D eigenvalue weighted by Crippen LogP contribution is -2.41. The third kappa shape index (κ3) is 3.21. The molecule has 0 bridgehead atoms. The van der Waals surface area contributed by atoms with Gasteiger partial charge in [-0.1, -0.05) is 12.1 Å². The van der Waals surface area contributed by atoms with Crippen LogP contribution in [-0.4, -0.2) is 32.5 Å². The predicted octanol–water partition coefficient (Wildman–Crippen LogP) is 0.937. The molecule has 2 heterocycles. The van der Waals surface area contributed by atoms with Gasteiger partial charge in [0.2, 0.25) is 5.78 Å². The van der Waals surface area contributed by atoms with Gasteiger partial charge in [-0.15, -0.1) is 0 Å². The molecule has 2 aromatic heterocycles. The van der Waals surface area contributed by atoms with E-state index in [0.717, 1.165) is 4.57 Å². The van der Waals surface area contributed by atoms with E-state index in [1.807, 2.05) is 0 Å². The Balaban J connectivity index is 1.86. The lowest BCUT2D eigenvalue weighted by molar-refractivity contribution is -0.143. The highest BCUT2D eigenvalue weighted by Gasteiger charge is 2.16. The van der Waals surface area contributed by atoms with Gasteiger partial charge in [-0.2, -0.15) is 0 Å². The first-order valence-corrected chi connectivity index (χ1v) is 8.07. The van der Waals surface area contributed by atoms with Gasteiger partial charge in [0, 0.05) is 12.7 Å². The lowest BCUT2D eigenvalue weighted by Gasteiger charge is -2.12. The normalized spacial score (nSPS) is 10.8. The maximum atomic E-state index is 12.5. The van der Waals surface area contributed by atoms with Crippen molar-refractivity contribution in [2.45, 2.75) is 20.0 Å². The number of fused-ring (bicyclic) bond motifs is 1. The average molecular weight is 355 g/mol. The number of ether oxygens (including phenoxy) is 1. The SMILES string of the molecule is CCn1c(=O)c2ccccc2n(CC(=O)OCC(=O)c2ccc[nH]2)c1=O. The van der Waals surface area contributed by atoms with Crippen molar-refractivity contribution in [2.75, 3.05) is 6.61 Å². The molecule has 3 aromatic rings. The van der Waals surface area contributed by atoms with Crippen LogP contribution in [0.2, 0.25) is 0 Å². The van der Waals surface area contributed by atoms with Crippen LogP contribution in [-0.2, 0) is 22.6 Å². The van der Waals surface area contributed by atoms with Gasteiger partial charge in [-0.25, -0.2) is 4.79 Å². The summed E-state index contributed by atoms with van der Waals surface area (Å²) in [7, 11) is 0. The fourth-order valence-corrected chi connectivity index (χ4v) is 2.70. The molecule has 26 heavy (non-hydrogen) atoms. The van der Waals surface area contributed by atoms with E-state index in [1.54, 1.807) is 49.5 Å². The van der Waals surface area contributed by atoms with E-state index in [9.17, 15) is 19.2 Å². The summed E-state index contributed by atoms with van der Waals surface area (Å²) >= 11 is 0. The van der Waals surface area contributed by atoms with E-state index in [0.29, 0.717) is 16.6 Å². The third-order valence-electron chi connectivity index (χ3n) is 4.00. The van der Waals surface area contributed by atoms with Crippen LogP contribution >= 0.6 is 0 Å². The van der Waals surface area contributed by atoms with Crippen LogP contribution in [0.5, 0.6) is 0 Å². The number of carbonyl (C=O) groups excluding carboxylic acids is 2. The zero-order chi connectivity index (χ0) is 18.7. The number of carbonyl (C=O) groups is 2. The third-order valence-corrected chi connectivity index (χ3v) is 4.00. The summed E-state index contributed by atoms with van der Waals surface area (Å²) < 4.78 is 7.22. The number of ketones is 1. The van der Waals surface area contributed by atoms with Crippen LogP contribution in [0.4, 0.5) is 0 Å². The molecule has 0 spiro atoms. The van der Waals surface area contributed by atoms with Crippen molar-refractivity contribution in [3.63, 3.8) is 0 Å². The molecule has 0 aliphatic rings. The number of aromatic nitrogens is 3. The smallest absolute Gasteiger partial charge is 0.332 e. The average Bonchev–Trinajstić information content (AvgIpc) is 3.18. The van der Waals surface area contributed by atoms with Crippen molar-refractivity contribution in [1.29, 1.82) is 0 Å². The maximum Gasteiger partial charge on any atom is 0.332 e. The number of hydrogen-bond acceptors (Lipinski definition) is 5. The van der Waals surface area contributed by atoms with E-state index in [-0.39, 0.29) is 12.3 Å². The van der Waals surface area contributed by atoms with E-state index >= 15 is 0 Å². The monoisotopic (exact) mass is 355 g/mol. The lowest BCUT2D eigenvalue weighted by atomic mass is 10.2. The summed E-state index contributed by atoms with van der Waals surface area (Å²) in [6.45, 7) is 1.04. The summed E-state index contributed by atoms with van der Waals surface area (Å²) in [5.74, 6) is -1.11. The quantitative estimate of drug-likeness (QED) is 0.523. The molecule has 1 N–H and O–H groups in total. The number of hydrogen-bond donors (Lipinski definition) is 1. The van der Waals surface area contributed by atoms with Gasteiger partial charge >= 0.3 is 11.7 Å². The van der Waals surface area contributed by atoms with Gasteiger partial charge in [-0.05, 0) is 31.2 Å². The first-order valence-electron chi connectivity index (χ1n) is 8.07. The number of benzene rings is 1. The highest BCUT2D eigenvalue weighted by atomic mass is 16.5. The second-order valence-corrected chi connectivity index (χ2v) is 5.60. The maximum absolute atomic E-state index is 12.5. The van der Waals surface area contributed by atoms with E-state index in [4.69, 9.17) is 4.74 Å². The van der Waals surface area contributed by atoms with E-state index in [2.05, 4.69) is 4.98 Å². The van der Waals surface area contributed by atoms with Crippen LogP contribution in [0, 0.1) is 0 Å². The van der Waals surface area contributed by atoms with Gasteiger partial charge in [0.15, 0.2) is 6.61 Å². The number of rotatable bonds is 6. The Morgan fingerprint density at radius 1 is 1.08 bits per heavy atom. The Bertz CT molecular complexity index is 1080. The first kappa shape index (κ1) is 17.4. The number of para-hydroxylation sites is 1. The fraction of sp³-hybridized carbons (Fsp3) is 0.222. The van der Waals surface area contributed by atoms with Crippen molar-refractivity contribution in [1.82, 2.24) is 14.1 Å². The van der Waals surface area contributed by atoms with Gasteiger partial charge < -0.3 is 9.72 Å². The molecule has 0 amide bonds. The molecule has 8 nitrogen and oxygen atoms in total. The first-order chi connectivity index (χ1) is 12.5. The molecule has 0 unspecified atom stereocenters. The van der Waals surface area contributed by atoms with Crippen molar-refractivity contribution in [3.05, 3.63) is 69.1 Å². The molecule has 0 aliphatic heterocycles. The van der Waals surface area contributed by atoms with E-state index in [1.165, 1.54) is 4.57 Å². The number of aromatic amines is 1. The molecule has 0 radical (unpaired) electrons. The number of nitrogens with one attached hydrogen (secondary N) is 1. The minimum absolute atomic E-state index is 0.183. The second-order valence-electron chi connectivity index (χ2n) is 5.60. The van der Waals surface area contributed by atoms with Crippen molar-refractivity contribution < 1.29 is 14.3 Å². The van der Waals surface area contributed by atoms with Gasteiger partial charge in [0.25, 0.3) is 5.56 Å². The van der Waals surface area contributed by atoms with Crippen molar-refractivity contribution >= 4 is 22.7 Å². The number of Topliss-reactive ketones (excluding diaryl/α,β-unsaturated/α-hetero) is 1. The molecule has 134 valence electrons. The Labute approximate surface area is 147 Å². The zero-order valence-electron chi connectivity index (χ0n) is 14.1. The molecular weight excluding hydrogens is 338 g/mol. The molecule has 1 aromatic carbocycles.